The van der Waals surface area contributed by atoms with Crippen LogP contribution in [0.5, 0.6) is 0 Å². The van der Waals surface area contributed by atoms with Crippen molar-refractivity contribution in [2.75, 3.05) is 20.2 Å². The third-order valence-electron chi connectivity index (χ3n) is 6.85. The number of rotatable bonds is 5. The van der Waals surface area contributed by atoms with Gasteiger partial charge in [-0.3, -0.25) is 19.3 Å². The molecule has 0 aromatic heterocycles. The Morgan fingerprint density at radius 2 is 1.86 bits per heavy atom. The molecule has 3 heterocycles. The molecule has 4 rings (SSSR count). The average Bonchev–Trinajstić information content (AvgIpc) is 3.35. The minimum atomic E-state index is -1.46. The summed E-state index contributed by atoms with van der Waals surface area (Å²) in [5, 5.41) is 0. The highest BCUT2D eigenvalue weighted by Gasteiger charge is 2.62. The van der Waals surface area contributed by atoms with Gasteiger partial charge in [-0.05, 0) is 43.4 Å². The number of benzene rings is 1. The Morgan fingerprint density at radius 3 is 2.52 bits per heavy atom. The summed E-state index contributed by atoms with van der Waals surface area (Å²) in [4.78, 5) is 43.1. The first-order valence-electron chi connectivity index (χ1n) is 10.4. The van der Waals surface area contributed by atoms with Gasteiger partial charge in [-0.25, -0.2) is 4.39 Å². The number of Topliss-reactive ketones (excluding diaryl/α,β-unsaturated/α-hetero) is 1. The number of esters is 1. The van der Waals surface area contributed by atoms with Crippen molar-refractivity contribution in [1.29, 1.82) is 0 Å². The van der Waals surface area contributed by atoms with Gasteiger partial charge in [0, 0.05) is 38.1 Å². The van der Waals surface area contributed by atoms with Crippen molar-refractivity contribution >= 4 is 17.7 Å². The lowest BCUT2D eigenvalue weighted by Gasteiger charge is -2.45. The number of fused-ring (bicyclic) bond motifs is 2. The molecule has 0 N–H and O–H groups in total. The molecule has 1 aromatic rings. The van der Waals surface area contributed by atoms with Crippen LogP contribution in [0.25, 0.3) is 0 Å². The van der Waals surface area contributed by atoms with Crippen LogP contribution in [-0.4, -0.2) is 59.7 Å². The molecule has 29 heavy (non-hydrogen) atoms. The molecule has 2 bridgehead atoms. The summed E-state index contributed by atoms with van der Waals surface area (Å²) >= 11 is 0. The SMILES string of the molecule is COC(=O)[C@@]1(CC(=O)N2CCCC2)C(=O)C[C@H]2CC[C@@H]1N2Cc1ccc(F)cc1. The first-order valence-corrected chi connectivity index (χ1v) is 10.4. The molecular weight excluding hydrogens is 375 g/mol. The van der Waals surface area contributed by atoms with Gasteiger partial charge in [-0.1, -0.05) is 12.1 Å². The van der Waals surface area contributed by atoms with Gasteiger partial charge in [-0.15, -0.1) is 0 Å². The third kappa shape index (κ3) is 3.45. The zero-order valence-electron chi connectivity index (χ0n) is 16.7. The summed E-state index contributed by atoms with van der Waals surface area (Å²) in [6.07, 6.45) is 3.48. The molecule has 3 atom stereocenters. The molecule has 0 unspecified atom stereocenters. The minimum Gasteiger partial charge on any atom is -0.468 e. The van der Waals surface area contributed by atoms with Crippen LogP contribution in [-0.2, 0) is 25.7 Å². The van der Waals surface area contributed by atoms with Crippen LogP contribution < -0.4 is 0 Å². The van der Waals surface area contributed by atoms with E-state index in [0.29, 0.717) is 26.1 Å². The summed E-state index contributed by atoms with van der Waals surface area (Å²) in [7, 11) is 1.28. The lowest BCUT2D eigenvalue weighted by Crippen LogP contribution is -2.61. The minimum absolute atomic E-state index is 0.0391. The fourth-order valence-corrected chi connectivity index (χ4v) is 5.34. The highest BCUT2D eigenvalue weighted by molar-refractivity contribution is 6.08. The Morgan fingerprint density at radius 1 is 1.17 bits per heavy atom. The zero-order chi connectivity index (χ0) is 20.6. The number of ether oxygens (including phenoxy) is 1. The van der Waals surface area contributed by atoms with E-state index in [4.69, 9.17) is 4.74 Å². The lowest BCUT2D eigenvalue weighted by molar-refractivity contribution is -0.170. The van der Waals surface area contributed by atoms with E-state index in [-0.39, 0.29) is 42.4 Å². The predicted octanol–water partition coefficient (Wildman–Crippen LogP) is 2.30. The van der Waals surface area contributed by atoms with Crippen molar-refractivity contribution in [2.45, 2.75) is 57.2 Å². The Labute approximate surface area is 170 Å². The number of halogens is 1. The van der Waals surface area contributed by atoms with Crippen LogP contribution in [0.4, 0.5) is 4.39 Å². The summed E-state index contributed by atoms with van der Waals surface area (Å²) in [6.45, 7) is 1.87. The molecule has 0 radical (unpaired) electrons. The molecule has 7 heteroatoms. The van der Waals surface area contributed by atoms with Crippen molar-refractivity contribution < 1.29 is 23.5 Å². The topological polar surface area (TPSA) is 66.9 Å². The molecule has 0 spiro atoms. The maximum Gasteiger partial charge on any atom is 0.321 e. The molecule has 3 saturated heterocycles. The second kappa shape index (κ2) is 7.86. The number of methoxy groups -OCH3 is 1. The van der Waals surface area contributed by atoms with Crippen LogP contribution in [0.15, 0.2) is 24.3 Å². The molecular formula is C22H27FN2O4. The number of carbonyl (C=O) groups excluding carboxylic acids is 3. The molecule has 6 nitrogen and oxygen atoms in total. The highest BCUT2D eigenvalue weighted by atomic mass is 19.1. The van der Waals surface area contributed by atoms with Crippen molar-refractivity contribution in [3.05, 3.63) is 35.6 Å². The van der Waals surface area contributed by atoms with E-state index in [1.54, 1.807) is 17.0 Å². The first kappa shape index (κ1) is 20.0. The number of hydrogen-bond donors (Lipinski definition) is 0. The Kier molecular flexibility index (Phi) is 5.42. The van der Waals surface area contributed by atoms with Crippen molar-refractivity contribution in [3.8, 4) is 0 Å². The van der Waals surface area contributed by atoms with E-state index < -0.39 is 11.4 Å². The monoisotopic (exact) mass is 402 g/mol. The van der Waals surface area contributed by atoms with Gasteiger partial charge < -0.3 is 9.64 Å². The predicted molar refractivity (Wildman–Crippen MR) is 103 cm³/mol. The van der Waals surface area contributed by atoms with Gasteiger partial charge in [0.1, 0.15) is 5.82 Å². The van der Waals surface area contributed by atoms with Crippen molar-refractivity contribution in [3.63, 3.8) is 0 Å². The maximum absolute atomic E-state index is 13.3. The van der Waals surface area contributed by atoms with E-state index in [1.807, 2.05) is 0 Å². The number of ketones is 1. The second-order valence-electron chi connectivity index (χ2n) is 8.40. The average molecular weight is 402 g/mol. The molecule has 3 aliphatic heterocycles. The van der Waals surface area contributed by atoms with Gasteiger partial charge >= 0.3 is 5.97 Å². The number of likely N-dealkylation sites (tertiary alicyclic amines) is 1. The Balaban J connectivity index is 1.65. The summed E-state index contributed by atoms with van der Waals surface area (Å²) in [5.41, 5.74) is -0.538. The fourth-order valence-electron chi connectivity index (χ4n) is 5.34. The molecule has 3 fully saturated rings. The molecule has 1 amide bonds. The molecule has 1 aromatic carbocycles. The number of nitrogens with zero attached hydrogens (tertiary/aromatic N) is 2. The molecule has 0 saturated carbocycles. The van der Waals surface area contributed by atoms with E-state index in [2.05, 4.69) is 4.90 Å². The summed E-state index contributed by atoms with van der Waals surface area (Å²) < 4.78 is 18.4. The van der Waals surface area contributed by atoms with Crippen LogP contribution >= 0.6 is 0 Å². The number of carbonyl (C=O) groups is 3. The molecule has 156 valence electrons. The largest absolute Gasteiger partial charge is 0.468 e. The van der Waals surface area contributed by atoms with Gasteiger partial charge in [0.25, 0.3) is 0 Å². The normalized spacial score (nSPS) is 29.3. The fraction of sp³-hybridized carbons (Fsp3) is 0.591. The van der Waals surface area contributed by atoms with E-state index >= 15 is 0 Å². The van der Waals surface area contributed by atoms with E-state index in [9.17, 15) is 18.8 Å². The smallest absolute Gasteiger partial charge is 0.321 e. The zero-order valence-corrected chi connectivity index (χ0v) is 16.7. The van der Waals surface area contributed by atoms with Crippen LogP contribution in [0.2, 0.25) is 0 Å². The number of hydrogen-bond acceptors (Lipinski definition) is 5. The van der Waals surface area contributed by atoms with Crippen LogP contribution in [0.1, 0.15) is 44.1 Å². The van der Waals surface area contributed by atoms with Crippen LogP contribution in [0, 0.1) is 11.2 Å². The standard InChI is InChI=1S/C22H27FN2O4/c1-29-21(28)22(13-20(27)24-10-2-3-11-24)18-9-8-17(12-19(22)26)25(18)14-15-4-6-16(23)7-5-15/h4-7,17-18H,2-3,8-14H2,1H3/t17-,18+,22-/m1/s1. The summed E-state index contributed by atoms with van der Waals surface area (Å²) in [5.74, 6) is -1.23. The maximum atomic E-state index is 13.3. The second-order valence-corrected chi connectivity index (χ2v) is 8.40. The van der Waals surface area contributed by atoms with Crippen molar-refractivity contribution in [2.24, 2.45) is 5.41 Å². The van der Waals surface area contributed by atoms with Gasteiger partial charge in [0.05, 0.1) is 13.5 Å². The van der Waals surface area contributed by atoms with E-state index in [0.717, 1.165) is 24.8 Å². The van der Waals surface area contributed by atoms with Gasteiger partial charge in [-0.2, -0.15) is 0 Å². The van der Waals surface area contributed by atoms with Crippen molar-refractivity contribution in [1.82, 2.24) is 9.80 Å². The Hall–Kier alpha value is -2.28. The highest BCUT2D eigenvalue weighted by Crippen LogP contribution is 2.48. The first-order chi connectivity index (χ1) is 14.0. The van der Waals surface area contributed by atoms with Gasteiger partial charge in [0.2, 0.25) is 5.91 Å². The van der Waals surface area contributed by atoms with Gasteiger partial charge in [0.15, 0.2) is 11.2 Å². The molecule has 3 aliphatic rings. The number of amides is 1. The molecule has 0 aliphatic carbocycles. The quantitative estimate of drug-likeness (QED) is 0.559. The van der Waals surface area contributed by atoms with E-state index in [1.165, 1.54) is 19.2 Å². The summed E-state index contributed by atoms with van der Waals surface area (Å²) in [6, 6.07) is 5.93. The Bertz CT molecular complexity index is 806. The number of piperidine rings is 1. The third-order valence-corrected chi connectivity index (χ3v) is 6.85. The van der Waals surface area contributed by atoms with Crippen LogP contribution in [0.3, 0.4) is 0 Å². The lowest BCUT2D eigenvalue weighted by atomic mass is 9.69.